The molecule has 0 aliphatic carbocycles. The highest BCUT2D eigenvalue weighted by Gasteiger charge is 2.13. The van der Waals surface area contributed by atoms with Gasteiger partial charge in [0, 0.05) is 12.2 Å². The van der Waals surface area contributed by atoms with E-state index in [4.69, 9.17) is 9.47 Å². The minimum Gasteiger partial charge on any atom is -0.423 e. The molecule has 4 heteroatoms. The molecule has 0 saturated heterocycles. The lowest BCUT2D eigenvalue weighted by atomic mass is 9.88. The number of esters is 2. The standard InChI is InChI=1S/C30H36O4/c1-5-9-11-13-27(23-15-19-25(20-16-23)33-29(31)7-3)28(14-12-10-6-2)24-17-21-26(22-18-24)34-30(32)8-4/h7-8,15-22H,3-6,9-14H2,1-2H3. The first kappa shape index (κ1) is 26.8. The van der Waals surface area contributed by atoms with E-state index in [0.29, 0.717) is 11.5 Å². The Bertz CT molecular complexity index is 900. The van der Waals surface area contributed by atoms with Gasteiger partial charge in [-0.15, -0.1) is 0 Å². The molecule has 2 rings (SSSR count). The Balaban J connectivity index is 2.47. The number of rotatable bonds is 14. The number of allylic oxidation sites excluding steroid dienone is 2. The molecule has 2 aromatic carbocycles. The maximum absolute atomic E-state index is 11.5. The Hall–Kier alpha value is -3.40. The van der Waals surface area contributed by atoms with Crippen LogP contribution in [0.4, 0.5) is 0 Å². The number of benzene rings is 2. The lowest BCUT2D eigenvalue weighted by molar-refractivity contribution is -0.129. The fourth-order valence-corrected chi connectivity index (χ4v) is 3.81. The molecule has 0 aliphatic rings. The van der Waals surface area contributed by atoms with E-state index >= 15 is 0 Å². The summed E-state index contributed by atoms with van der Waals surface area (Å²) in [6.45, 7) is 11.3. The topological polar surface area (TPSA) is 52.6 Å². The molecule has 0 atom stereocenters. The van der Waals surface area contributed by atoms with Crippen molar-refractivity contribution in [2.75, 3.05) is 0 Å². The molecule has 0 unspecified atom stereocenters. The summed E-state index contributed by atoms with van der Waals surface area (Å²) >= 11 is 0. The second-order valence-electron chi connectivity index (χ2n) is 8.17. The molecule has 2 aromatic rings. The molecule has 0 radical (unpaired) electrons. The van der Waals surface area contributed by atoms with Gasteiger partial charge in [0.25, 0.3) is 0 Å². The summed E-state index contributed by atoms with van der Waals surface area (Å²) < 4.78 is 10.5. The summed E-state index contributed by atoms with van der Waals surface area (Å²) in [5.74, 6) is 0.0675. The van der Waals surface area contributed by atoms with Crippen molar-refractivity contribution in [3.63, 3.8) is 0 Å². The summed E-state index contributed by atoms with van der Waals surface area (Å²) in [4.78, 5) is 23.1. The van der Waals surface area contributed by atoms with Gasteiger partial charge in [-0.1, -0.05) is 77.0 Å². The first-order chi connectivity index (χ1) is 16.5. The lowest BCUT2D eigenvalue weighted by Gasteiger charge is -2.18. The smallest absolute Gasteiger partial charge is 0.335 e. The quantitative estimate of drug-likeness (QED) is 0.0944. The van der Waals surface area contributed by atoms with Crippen LogP contribution in [-0.2, 0) is 9.59 Å². The minimum atomic E-state index is -0.469. The van der Waals surface area contributed by atoms with Gasteiger partial charge in [0.05, 0.1) is 0 Å². The number of ether oxygens (including phenoxy) is 2. The van der Waals surface area contributed by atoms with E-state index in [2.05, 4.69) is 27.0 Å². The minimum absolute atomic E-state index is 0.469. The molecule has 34 heavy (non-hydrogen) atoms. The average molecular weight is 461 g/mol. The molecule has 0 saturated carbocycles. The molecule has 0 fully saturated rings. The van der Waals surface area contributed by atoms with Crippen molar-refractivity contribution in [1.29, 1.82) is 0 Å². The van der Waals surface area contributed by atoms with Crippen LogP contribution >= 0.6 is 0 Å². The number of hydrogen-bond donors (Lipinski definition) is 0. The molecule has 0 aromatic heterocycles. The Morgan fingerprint density at radius 2 is 1.00 bits per heavy atom. The zero-order chi connectivity index (χ0) is 24.8. The fourth-order valence-electron chi connectivity index (χ4n) is 3.81. The lowest BCUT2D eigenvalue weighted by Crippen LogP contribution is -2.03. The van der Waals surface area contributed by atoms with Crippen LogP contribution in [0.2, 0.25) is 0 Å². The molecule has 0 spiro atoms. The van der Waals surface area contributed by atoms with E-state index in [0.717, 1.165) is 74.6 Å². The van der Waals surface area contributed by atoms with Crippen LogP contribution in [0.5, 0.6) is 11.5 Å². The van der Waals surface area contributed by atoms with E-state index in [1.54, 1.807) is 0 Å². The third-order valence-corrected chi connectivity index (χ3v) is 5.60. The number of carbonyl (C=O) groups is 2. The highest BCUT2D eigenvalue weighted by molar-refractivity contribution is 5.91. The van der Waals surface area contributed by atoms with Gasteiger partial charge in [-0.2, -0.15) is 0 Å². The highest BCUT2D eigenvalue weighted by atomic mass is 16.5. The van der Waals surface area contributed by atoms with Crippen molar-refractivity contribution in [2.24, 2.45) is 0 Å². The molecule has 0 bridgehead atoms. The molecule has 0 amide bonds. The van der Waals surface area contributed by atoms with Gasteiger partial charge in [-0.3, -0.25) is 0 Å². The highest BCUT2D eigenvalue weighted by Crippen LogP contribution is 2.35. The Morgan fingerprint density at radius 3 is 1.29 bits per heavy atom. The van der Waals surface area contributed by atoms with Gasteiger partial charge in [0.2, 0.25) is 0 Å². The van der Waals surface area contributed by atoms with Crippen LogP contribution in [0.25, 0.3) is 11.1 Å². The largest absolute Gasteiger partial charge is 0.423 e. The van der Waals surface area contributed by atoms with Crippen molar-refractivity contribution >= 4 is 23.1 Å². The van der Waals surface area contributed by atoms with Crippen molar-refractivity contribution < 1.29 is 19.1 Å². The first-order valence-electron chi connectivity index (χ1n) is 12.1. The van der Waals surface area contributed by atoms with Gasteiger partial charge in [-0.05, 0) is 72.2 Å². The molecule has 4 nitrogen and oxygen atoms in total. The molecule has 180 valence electrons. The Morgan fingerprint density at radius 1 is 0.647 bits per heavy atom. The number of hydrogen-bond acceptors (Lipinski definition) is 4. The van der Waals surface area contributed by atoms with Crippen LogP contribution in [0.1, 0.15) is 76.3 Å². The third kappa shape index (κ3) is 8.51. The van der Waals surface area contributed by atoms with Crippen molar-refractivity contribution in [3.8, 4) is 11.5 Å². The number of unbranched alkanes of at least 4 members (excludes halogenated alkanes) is 4. The maximum atomic E-state index is 11.5. The molecule has 0 N–H and O–H groups in total. The van der Waals surface area contributed by atoms with Crippen LogP contribution in [-0.4, -0.2) is 11.9 Å². The van der Waals surface area contributed by atoms with Gasteiger partial charge in [0.1, 0.15) is 11.5 Å². The van der Waals surface area contributed by atoms with Gasteiger partial charge >= 0.3 is 11.9 Å². The van der Waals surface area contributed by atoms with E-state index < -0.39 is 11.9 Å². The summed E-state index contributed by atoms with van der Waals surface area (Å²) in [5.41, 5.74) is 4.87. The summed E-state index contributed by atoms with van der Waals surface area (Å²) in [7, 11) is 0. The van der Waals surface area contributed by atoms with Gasteiger partial charge in [0.15, 0.2) is 0 Å². The third-order valence-electron chi connectivity index (χ3n) is 5.60. The molecular formula is C30H36O4. The monoisotopic (exact) mass is 460 g/mol. The SMILES string of the molecule is C=CC(=O)Oc1ccc(C(CCCCC)=C(CCCCC)c2ccc(OC(=O)C=C)cc2)cc1. The average Bonchev–Trinajstić information content (AvgIpc) is 2.86. The first-order valence-corrected chi connectivity index (χ1v) is 12.1. The van der Waals surface area contributed by atoms with E-state index in [9.17, 15) is 9.59 Å². The molecular weight excluding hydrogens is 424 g/mol. The van der Waals surface area contributed by atoms with Crippen LogP contribution in [0.15, 0.2) is 73.8 Å². The van der Waals surface area contributed by atoms with E-state index in [1.165, 1.54) is 11.1 Å². The summed E-state index contributed by atoms with van der Waals surface area (Å²) in [6.07, 6.45) is 11.1. The second-order valence-corrected chi connectivity index (χ2v) is 8.17. The van der Waals surface area contributed by atoms with Crippen LogP contribution in [0, 0.1) is 0 Å². The molecule has 0 heterocycles. The summed E-state index contributed by atoms with van der Waals surface area (Å²) in [5, 5.41) is 0. The van der Waals surface area contributed by atoms with Gasteiger partial charge < -0.3 is 9.47 Å². The predicted octanol–water partition coefficient (Wildman–Crippen LogP) is 7.94. The van der Waals surface area contributed by atoms with Gasteiger partial charge in [-0.25, -0.2) is 9.59 Å². The Labute approximate surface area is 204 Å². The van der Waals surface area contributed by atoms with Crippen molar-refractivity contribution in [2.45, 2.75) is 65.2 Å². The van der Waals surface area contributed by atoms with Crippen LogP contribution < -0.4 is 9.47 Å². The summed E-state index contributed by atoms with van der Waals surface area (Å²) in [6, 6.07) is 15.4. The number of carbonyl (C=O) groups excluding carboxylic acids is 2. The maximum Gasteiger partial charge on any atom is 0.335 e. The van der Waals surface area contributed by atoms with Crippen molar-refractivity contribution in [3.05, 3.63) is 85.0 Å². The van der Waals surface area contributed by atoms with E-state index in [1.807, 2.05) is 48.5 Å². The predicted molar refractivity (Wildman–Crippen MR) is 140 cm³/mol. The zero-order valence-corrected chi connectivity index (χ0v) is 20.5. The molecule has 0 aliphatic heterocycles. The Kier molecular flexibility index (Phi) is 11.6. The second kappa shape index (κ2) is 14.7. The van der Waals surface area contributed by atoms with E-state index in [-0.39, 0.29) is 0 Å². The van der Waals surface area contributed by atoms with Crippen LogP contribution in [0.3, 0.4) is 0 Å². The fraction of sp³-hybridized carbons (Fsp3) is 0.333. The van der Waals surface area contributed by atoms with Crippen molar-refractivity contribution in [1.82, 2.24) is 0 Å². The normalized spacial score (nSPS) is 11.4. The zero-order valence-electron chi connectivity index (χ0n) is 20.5.